The molecule has 2 rings (SSSR count). The van der Waals surface area contributed by atoms with Gasteiger partial charge in [-0.3, -0.25) is 10.1 Å². The molecule has 0 aliphatic carbocycles. The fourth-order valence-electron chi connectivity index (χ4n) is 1.58. The van der Waals surface area contributed by atoms with Gasteiger partial charge in [0.1, 0.15) is 5.69 Å². The number of imidazole rings is 1. The van der Waals surface area contributed by atoms with Crippen molar-refractivity contribution in [3.05, 3.63) is 58.7 Å². The maximum Gasteiger partial charge on any atom is 0.328 e. The van der Waals surface area contributed by atoms with Gasteiger partial charge in [-0.1, -0.05) is 6.07 Å². The van der Waals surface area contributed by atoms with Gasteiger partial charge in [0.25, 0.3) is 5.69 Å². The molecular weight excluding hydrogens is 250 g/mol. The third-order valence-electron chi connectivity index (χ3n) is 2.40. The highest BCUT2D eigenvalue weighted by Crippen LogP contribution is 2.24. The van der Waals surface area contributed by atoms with Crippen molar-refractivity contribution in [2.75, 3.05) is 0 Å². The van der Waals surface area contributed by atoms with Gasteiger partial charge in [-0.05, 0) is 17.7 Å². The summed E-state index contributed by atoms with van der Waals surface area (Å²) in [5, 5.41) is 19.6. The Morgan fingerprint density at radius 2 is 2.26 bits per heavy atom. The Kier molecular flexibility index (Phi) is 3.37. The molecule has 0 saturated carbocycles. The zero-order valence-corrected chi connectivity index (χ0v) is 9.63. The quantitative estimate of drug-likeness (QED) is 0.513. The Balaban J connectivity index is 2.47. The molecule has 1 aromatic carbocycles. The van der Waals surface area contributed by atoms with Gasteiger partial charge in [-0.15, -0.1) is 0 Å². The lowest BCUT2D eigenvalue weighted by Crippen LogP contribution is -1.98. The molecule has 1 aromatic heterocycles. The Hall–Kier alpha value is -2.96. The normalized spacial score (nSPS) is 10.7. The number of hydrogen-bond donors (Lipinski definition) is 1. The number of carboxylic acids is 1. The number of hydrogen-bond acceptors (Lipinski definition) is 4. The topological polar surface area (TPSA) is 98.3 Å². The van der Waals surface area contributed by atoms with E-state index in [1.165, 1.54) is 29.2 Å². The number of benzene rings is 1. The minimum absolute atomic E-state index is 0.120. The molecule has 19 heavy (non-hydrogen) atoms. The number of nitro benzene ring substituents is 1. The molecule has 0 spiro atoms. The summed E-state index contributed by atoms with van der Waals surface area (Å²) >= 11 is 0. The molecule has 0 radical (unpaired) electrons. The van der Waals surface area contributed by atoms with Gasteiger partial charge in [0, 0.05) is 24.5 Å². The predicted molar refractivity (Wildman–Crippen MR) is 66.9 cm³/mol. The zero-order chi connectivity index (χ0) is 13.8. The van der Waals surface area contributed by atoms with E-state index in [4.69, 9.17) is 5.11 Å². The van der Waals surface area contributed by atoms with Crippen LogP contribution in [0.1, 0.15) is 5.56 Å². The van der Waals surface area contributed by atoms with Crippen molar-refractivity contribution in [2.45, 2.75) is 0 Å². The maximum absolute atomic E-state index is 11.0. The van der Waals surface area contributed by atoms with E-state index < -0.39 is 10.9 Å². The van der Waals surface area contributed by atoms with Crippen LogP contribution in [-0.2, 0) is 4.79 Å². The molecule has 7 nitrogen and oxygen atoms in total. The van der Waals surface area contributed by atoms with Crippen molar-refractivity contribution in [1.82, 2.24) is 9.55 Å². The Labute approximate surface area is 107 Å². The van der Waals surface area contributed by atoms with Crippen LogP contribution in [0.3, 0.4) is 0 Å². The van der Waals surface area contributed by atoms with E-state index in [9.17, 15) is 14.9 Å². The lowest BCUT2D eigenvalue weighted by atomic mass is 10.1. The van der Waals surface area contributed by atoms with E-state index in [1.54, 1.807) is 18.3 Å². The first-order chi connectivity index (χ1) is 9.08. The number of carbonyl (C=O) groups is 1. The van der Waals surface area contributed by atoms with Crippen LogP contribution in [0.15, 0.2) is 43.0 Å². The number of nitrogens with zero attached hydrogens (tertiary/aromatic N) is 3. The van der Waals surface area contributed by atoms with Crippen molar-refractivity contribution in [3.8, 4) is 5.69 Å². The average molecular weight is 259 g/mol. The molecule has 1 heterocycles. The summed E-state index contributed by atoms with van der Waals surface area (Å²) in [6.45, 7) is 0. The largest absolute Gasteiger partial charge is 0.478 e. The first kappa shape index (κ1) is 12.5. The Bertz CT molecular complexity index is 647. The van der Waals surface area contributed by atoms with Gasteiger partial charge in [-0.2, -0.15) is 0 Å². The van der Waals surface area contributed by atoms with Crippen molar-refractivity contribution in [2.24, 2.45) is 0 Å². The van der Waals surface area contributed by atoms with E-state index in [2.05, 4.69) is 4.98 Å². The molecule has 0 atom stereocenters. The molecule has 1 N–H and O–H groups in total. The Morgan fingerprint density at radius 3 is 2.84 bits per heavy atom. The van der Waals surface area contributed by atoms with E-state index >= 15 is 0 Å². The molecule has 0 bridgehead atoms. The molecule has 0 saturated heterocycles. The number of nitro groups is 1. The van der Waals surface area contributed by atoms with Crippen LogP contribution < -0.4 is 0 Å². The van der Waals surface area contributed by atoms with Crippen molar-refractivity contribution in [3.63, 3.8) is 0 Å². The highest BCUT2D eigenvalue weighted by Gasteiger charge is 2.15. The van der Waals surface area contributed by atoms with Crippen LogP contribution >= 0.6 is 0 Å². The molecule has 0 amide bonds. The molecule has 0 fully saturated rings. The van der Waals surface area contributed by atoms with Gasteiger partial charge >= 0.3 is 5.97 Å². The van der Waals surface area contributed by atoms with Crippen LogP contribution in [-0.4, -0.2) is 25.6 Å². The fraction of sp³-hybridized carbons (Fsp3) is 0. The summed E-state index contributed by atoms with van der Waals surface area (Å²) in [5.41, 5.74) is 0.693. The molecule has 0 unspecified atom stereocenters. The first-order valence-electron chi connectivity index (χ1n) is 5.25. The maximum atomic E-state index is 11.0. The van der Waals surface area contributed by atoms with Crippen molar-refractivity contribution < 1.29 is 14.8 Å². The molecule has 0 aliphatic rings. The molecular formula is C12H9N3O4. The third-order valence-corrected chi connectivity index (χ3v) is 2.40. The van der Waals surface area contributed by atoms with Gasteiger partial charge in [-0.25, -0.2) is 9.78 Å². The van der Waals surface area contributed by atoms with Crippen molar-refractivity contribution >= 4 is 17.7 Å². The van der Waals surface area contributed by atoms with E-state index in [1.807, 2.05) is 0 Å². The molecule has 2 aromatic rings. The number of rotatable bonds is 4. The fourth-order valence-corrected chi connectivity index (χ4v) is 1.58. The summed E-state index contributed by atoms with van der Waals surface area (Å²) in [6.07, 6.45) is 6.79. The van der Waals surface area contributed by atoms with E-state index in [-0.39, 0.29) is 5.69 Å². The predicted octanol–water partition coefficient (Wildman–Crippen LogP) is 1.88. The summed E-state index contributed by atoms with van der Waals surface area (Å²) < 4.78 is 1.52. The summed E-state index contributed by atoms with van der Waals surface area (Å²) in [6, 6.07) is 4.46. The smallest absolute Gasteiger partial charge is 0.328 e. The second kappa shape index (κ2) is 5.13. The van der Waals surface area contributed by atoms with Crippen LogP contribution in [0.5, 0.6) is 0 Å². The Morgan fingerprint density at radius 1 is 1.47 bits per heavy atom. The minimum atomic E-state index is -1.11. The van der Waals surface area contributed by atoms with Gasteiger partial charge in [0.2, 0.25) is 0 Å². The minimum Gasteiger partial charge on any atom is -0.478 e. The summed E-state index contributed by atoms with van der Waals surface area (Å²) in [7, 11) is 0. The summed E-state index contributed by atoms with van der Waals surface area (Å²) in [4.78, 5) is 24.8. The summed E-state index contributed by atoms with van der Waals surface area (Å²) in [5.74, 6) is -1.11. The lowest BCUT2D eigenvalue weighted by molar-refractivity contribution is -0.384. The van der Waals surface area contributed by atoms with Crippen LogP contribution in [0.2, 0.25) is 0 Å². The highest BCUT2D eigenvalue weighted by molar-refractivity contribution is 5.85. The van der Waals surface area contributed by atoms with Gasteiger partial charge in [0.05, 0.1) is 11.3 Å². The first-order valence-corrected chi connectivity index (χ1v) is 5.25. The second-order valence-corrected chi connectivity index (χ2v) is 3.65. The molecule has 0 aliphatic heterocycles. The number of carboxylic acid groups (broad SMARTS) is 1. The number of aromatic nitrogens is 2. The van der Waals surface area contributed by atoms with Crippen molar-refractivity contribution in [1.29, 1.82) is 0 Å². The van der Waals surface area contributed by atoms with Crippen LogP contribution in [0.4, 0.5) is 5.69 Å². The van der Waals surface area contributed by atoms with Crippen LogP contribution in [0, 0.1) is 10.1 Å². The molecule has 7 heteroatoms. The SMILES string of the molecule is O=C(O)/C=C/c1ccc(-n2ccnc2)c([N+](=O)[O-])c1. The van der Waals surface area contributed by atoms with E-state index in [0.717, 1.165) is 6.08 Å². The third kappa shape index (κ3) is 2.83. The monoisotopic (exact) mass is 259 g/mol. The zero-order valence-electron chi connectivity index (χ0n) is 9.63. The highest BCUT2D eigenvalue weighted by atomic mass is 16.6. The molecule has 96 valence electrons. The van der Waals surface area contributed by atoms with Crippen LogP contribution in [0.25, 0.3) is 11.8 Å². The average Bonchev–Trinajstić information content (AvgIpc) is 2.89. The van der Waals surface area contributed by atoms with E-state index in [0.29, 0.717) is 11.3 Å². The van der Waals surface area contributed by atoms with Gasteiger partial charge in [0.15, 0.2) is 0 Å². The van der Waals surface area contributed by atoms with Gasteiger partial charge < -0.3 is 9.67 Å². The lowest BCUT2D eigenvalue weighted by Gasteiger charge is -2.04. The standard InChI is InChI=1S/C12H9N3O4/c16-12(17)4-2-9-1-3-10(11(7-9)15(18)19)14-6-5-13-8-14/h1-8H,(H,16,17)/b4-2+. The number of aliphatic carboxylic acids is 1. The second-order valence-electron chi connectivity index (χ2n) is 3.65.